The normalized spacial score (nSPS) is 10.5. The molecule has 0 aromatic heterocycles. The maximum atomic E-state index is 3.39. The Hall–Kier alpha value is -1.02. The average molecular weight is 192 g/mol. The highest BCUT2D eigenvalue weighted by atomic mass is 14.9. The number of benzene rings is 1. The van der Waals surface area contributed by atoms with Gasteiger partial charge in [-0.3, -0.25) is 0 Å². The second kappa shape index (κ2) is 6.44. The maximum absolute atomic E-state index is 3.39. The molecule has 78 valence electrons. The Morgan fingerprint density at radius 1 is 1.07 bits per heavy atom. The van der Waals surface area contributed by atoms with E-state index in [0.29, 0.717) is 0 Å². The second-order valence-electron chi connectivity index (χ2n) is 3.89. The predicted molar refractivity (Wildman–Crippen MR) is 62.6 cm³/mol. The monoisotopic (exact) mass is 192 g/mol. The zero-order valence-corrected chi connectivity index (χ0v) is 9.09. The summed E-state index contributed by atoms with van der Waals surface area (Å²) in [4.78, 5) is 0. The minimum absolute atomic E-state index is 0.728. The number of nitrogens with one attached hydrogen (secondary N) is 2. The molecule has 0 bridgehead atoms. The van der Waals surface area contributed by atoms with Crippen LogP contribution in [0, 0.1) is 5.92 Å². The lowest BCUT2D eigenvalue weighted by molar-refractivity contribution is 0.561. The predicted octanol–water partition coefficient (Wildman–Crippen LogP) is 2.34. The Kier molecular flexibility index (Phi) is 5.08. The molecule has 2 N–H and O–H groups in total. The number of hydrogen-bond acceptors (Lipinski definition) is 2. The summed E-state index contributed by atoms with van der Waals surface area (Å²) >= 11 is 0. The van der Waals surface area contributed by atoms with Gasteiger partial charge >= 0.3 is 0 Å². The Balaban J connectivity index is 2.05. The summed E-state index contributed by atoms with van der Waals surface area (Å²) in [5.74, 6) is 0.728. The largest absolute Gasteiger partial charge is 0.384 e. The molecule has 0 heterocycles. The minimum Gasteiger partial charge on any atom is -0.384 e. The van der Waals surface area contributed by atoms with Crippen LogP contribution in [0.15, 0.2) is 30.3 Å². The third-order valence-corrected chi connectivity index (χ3v) is 1.96. The fraction of sp³-hybridized carbons (Fsp3) is 0.500. The van der Waals surface area contributed by atoms with Crippen LogP contribution >= 0.6 is 0 Å². The first-order valence-electron chi connectivity index (χ1n) is 5.28. The second-order valence-corrected chi connectivity index (χ2v) is 3.89. The highest BCUT2D eigenvalue weighted by molar-refractivity contribution is 5.42. The van der Waals surface area contributed by atoms with E-state index < -0.39 is 0 Å². The fourth-order valence-electron chi connectivity index (χ4n) is 1.24. The van der Waals surface area contributed by atoms with Crippen LogP contribution in [0.3, 0.4) is 0 Å². The third kappa shape index (κ3) is 4.87. The molecule has 0 amide bonds. The summed E-state index contributed by atoms with van der Waals surface area (Å²) in [5.41, 5.74) is 1.19. The first-order chi connectivity index (χ1) is 6.79. The Bertz CT molecular complexity index is 231. The number of anilines is 1. The van der Waals surface area contributed by atoms with Gasteiger partial charge in [-0.25, -0.2) is 0 Å². The first kappa shape index (κ1) is 11.1. The average Bonchev–Trinajstić information content (AvgIpc) is 2.18. The highest BCUT2D eigenvalue weighted by Crippen LogP contribution is 2.03. The molecule has 0 fully saturated rings. The molecule has 0 radical (unpaired) electrons. The Morgan fingerprint density at radius 2 is 1.79 bits per heavy atom. The number of hydrogen-bond donors (Lipinski definition) is 2. The first-order valence-corrected chi connectivity index (χ1v) is 5.28. The van der Waals surface area contributed by atoms with Gasteiger partial charge in [0.1, 0.15) is 0 Å². The molecule has 0 aliphatic heterocycles. The van der Waals surface area contributed by atoms with Crippen molar-refractivity contribution < 1.29 is 0 Å². The summed E-state index contributed by atoms with van der Waals surface area (Å²) in [6.45, 7) is 7.54. The van der Waals surface area contributed by atoms with Gasteiger partial charge in [-0.05, 0) is 24.6 Å². The molecular formula is C12H20N2. The van der Waals surface area contributed by atoms with Crippen molar-refractivity contribution in [3.8, 4) is 0 Å². The van der Waals surface area contributed by atoms with Crippen molar-refractivity contribution in [2.75, 3.05) is 25.0 Å². The van der Waals surface area contributed by atoms with Gasteiger partial charge in [-0.15, -0.1) is 0 Å². The Labute approximate surface area is 86.7 Å². The van der Waals surface area contributed by atoms with Crippen molar-refractivity contribution in [2.45, 2.75) is 13.8 Å². The number of rotatable bonds is 6. The van der Waals surface area contributed by atoms with Gasteiger partial charge in [0.25, 0.3) is 0 Å². The quantitative estimate of drug-likeness (QED) is 0.676. The van der Waals surface area contributed by atoms with Crippen LogP contribution < -0.4 is 10.6 Å². The van der Waals surface area contributed by atoms with Gasteiger partial charge in [-0.2, -0.15) is 0 Å². The van der Waals surface area contributed by atoms with E-state index in [1.54, 1.807) is 0 Å². The van der Waals surface area contributed by atoms with Crippen LogP contribution in [0.2, 0.25) is 0 Å². The van der Waals surface area contributed by atoms with Crippen LogP contribution in [0.1, 0.15) is 13.8 Å². The van der Waals surface area contributed by atoms with E-state index in [9.17, 15) is 0 Å². The molecule has 1 aromatic rings. The lowest BCUT2D eigenvalue weighted by Crippen LogP contribution is -2.25. The van der Waals surface area contributed by atoms with Crippen molar-refractivity contribution in [1.29, 1.82) is 0 Å². The van der Waals surface area contributed by atoms with E-state index in [0.717, 1.165) is 25.6 Å². The zero-order valence-electron chi connectivity index (χ0n) is 9.09. The highest BCUT2D eigenvalue weighted by Gasteiger charge is 1.92. The molecule has 2 nitrogen and oxygen atoms in total. The minimum atomic E-state index is 0.728. The molecule has 1 aromatic carbocycles. The molecule has 0 saturated heterocycles. The molecule has 14 heavy (non-hydrogen) atoms. The standard InChI is InChI=1S/C12H20N2/c1-11(2)10-13-8-9-14-12-6-4-3-5-7-12/h3-7,11,13-14H,8-10H2,1-2H3. The van der Waals surface area contributed by atoms with Crippen molar-refractivity contribution in [3.05, 3.63) is 30.3 Å². The van der Waals surface area contributed by atoms with Crippen molar-refractivity contribution in [2.24, 2.45) is 5.92 Å². The molecule has 0 atom stereocenters. The molecule has 0 aliphatic carbocycles. The van der Waals surface area contributed by atoms with Crippen LogP contribution in [-0.4, -0.2) is 19.6 Å². The molecule has 0 saturated carbocycles. The lowest BCUT2D eigenvalue weighted by atomic mass is 10.2. The summed E-state index contributed by atoms with van der Waals surface area (Å²) in [5, 5.41) is 6.75. The van der Waals surface area contributed by atoms with Gasteiger partial charge in [0.2, 0.25) is 0 Å². The van der Waals surface area contributed by atoms with Crippen LogP contribution in [0.25, 0.3) is 0 Å². The molecule has 0 spiro atoms. The zero-order chi connectivity index (χ0) is 10.2. The Morgan fingerprint density at radius 3 is 2.43 bits per heavy atom. The van der Waals surface area contributed by atoms with Crippen LogP contribution in [-0.2, 0) is 0 Å². The van der Waals surface area contributed by atoms with Crippen molar-refractivity contribution in [1.82, 2.24) is 5.32 Å². The van der Waals surface area contributed by atoms with Crippen LogP contribution in [0.5, 0.6) is 0 Å². The summed E-state index contributed by atoms with van der Waals surface area (Å²) in [6.07, 6.45) is 0. The molecule has 0 unspecified atom stereocenters. The van der Waals surface area contributed by atoms with Gasteiger partial charge in [0.05, 0.1) is 0 Å². The molecule has 2 heteroatoms. The van der Waals surface area contributed by atoms with E-state index in [1.165, 1.54) is 5.69 Å². The summed E-state index contributed by atoms with van der Waals surface area (Å²) < 4.78 is 0. The SMILES string of the molecule is CC(C)CNCCNc1ccccc1. The van der Waals surface area contributed by atoms with E-state index in [-0.39, 0.29) is 0 Å². The molecular weight excluding hydrogens is 172 g/mol. The summed E-state index contributed by atoms with van der Waals surface area (Å²) in [7, 11) is 0. The molecule has 1 rings (SSSR count). The maximum Gasteiger partial charge on any atom is 0.0340 e. The van der Waals surface area contributed by atoms with Gasteiger partial charge in [0, 0.05) is 18.8 Å². The lowest BCUT2D eigenvalue weighted by Gasteiger charge is -2.09. The van der Waals surface area contributed by atoms with Crippen LogP contribution in [0.4, 0.5) is 5.69 Å². The molecule has 0 aliphatic rings. The number of para-hydroxylation sites is 1. The summed E-state index contributed by atoms with van der Waals surface area (Å²) in [6, 6.07) is 10.3. The smallest absolute Gasteiger partial charge is 0.0340 e. The van der Waals surface area contributed by atoms with E-state index >= 15 is 0 Å². The fourth-order valence-corrected chi connectivity index (χ4v) is 1.24. The topological polar surface area (TPSA) is 24.1 Å². The van der Waals surface area contributed by atoms with Gasteiger partial charge < -0.3 is 10.6 Å². The van der Waals surface area contributed by atoms with Crippen molar-refractivity contribution >= 4 is 5.69 Å². The van der Waals surface area contributed by atoms with Gasteiger partial charge in [0.15, 0.2) is 0 Å². The van der Waals surface area contributed by atoms with Gasteiger partial charge in [-0.1, -0.05) is 32.0 Å². The van der Waals surface area contributed by atoms with E-state index in [1.807, 2.05) is 18.2 Å². The van der Waals surface area contributed by atoms with E-state index in [2.05, 4.69) is 36.6 Å². The third-order valence-electron chi connectivity index (χ3n) is 1.96. The van der Waals surface area contributed by atoms with Crippen molar-refractivity contribution in [3.63, 3.8) is 0 Å². The van der Waals surface area contributed by atoms with E-state index in [4.69, 9.17) is 0 Å².